The average molecular weight is 263 g/mol. The van der Waals surface area contributed by atoms with Gasteiger partial charge in [0.2, 0.25) is 5.91 Å². The smallest absolute Gasteiger partial charge is 0.238 e. The molecule has 3 atom stereocenters. The van der Waals surface area contributed by atoms with E-state index in [2.05, 4.69) is 16.2 Å². The van der Waals surface area contributed by atoms with Crippen molar-refractivity contribution >= 4 is 5.91 Å². The Hall–Kier alpha value is -1.46. The van der Waals surface area contributed by atoms with Gasteiger partial charge in [-0.2, -0.15) is 0 Å². The van der Waals surface area contributed by atoms with E-state index in [0.29, 0.717) is 0 Å². The highest BCUT2D eigenvalue weighted by atomic mass is 19.1. The predicted octanol–water partition coefficient (Wildman–Crippen LogP) is 0.739. The van der Waals surface area contributed by atoms with Gasteiger partial charge in [0, 0.05) is 12.1 Å². The van der Waals surface area contributed by atoms with E-state index in [1.54, 1.807) is 12.1 Å². The van der Waals surface area contributed by atoms with E-state index in [1.165, 1.54) is 12.1 Å². The standard InChI is InChI=1S/C14H18FN3O/c15-10-5-3-9(4-6-10)8-12-13-11(2-1-7-16-13)14(19)18-17-12/h3-6,11-13,16-17H,1-2,7-8H2,(H,18,19). The number of hydrogen-bond donors (Lipinski definition) is 3. The molecular weight excluding hydrogens is 245 g/mol. The van der Waals surface area contributed by atoms with Crippen molar-refractivity contribution < 1.29 is 9.18 Å². The van der Waals surface area contributed by atoms with Crippen molar-refractivity contribution in [3.8, 4) is 0 Å². The number of fused-ring (bicyclic) bond motifs is 1. The van der Waals surface area contributed by atoms with Gasteiger partial charge in [-0.1, -0.05) is 12.1 Å². The first-order chi connectivity index (χ1) is 9.24. The number of amides is 1. The summed E-state index contributed by atoms with van der Waals surface area (Å²) in [6.45, 7) is 0.954. The molecule has 3 N–H and O–H groups in total. The second-order valence-corrected chi connectivity index (χ2v) is 5.30. The molecule has 0 saturated carbocycles. The number of hydrogen-bond acceptors (Lipinski definition) is 3. The van der Waals surface area contributed by atoms with Gasteiger partial charge < -0.3 is 5.32 Å². The van der Waals surface area contributed by atoms with Gasteiger partial charge in [-0.05, 0) is 43.5 Å². The highest BCUT2D eigenvalue weighted by Crippen LogP contribution is 2.23. The number of nitrogens with one attached hydrogen (secondary N) is 3. The summed E-state index contributed by atoms with van der Waals surface area (Å²) < 4.78 is 12.9. The molecule has 3 rings (SSSR count). The van der Waals surface area contributed by atoms with E-state index in [4.69, 9.17) is 0 Å². The molecule has 2 aliphatic rings. The number of halogens is 1. The second-order valence-electron chi connectivity index (χ2n) is 5.30. The Kier molecular flexibility index (Phi) is 3.48. The van der Waals surface area contributed by atoms with Crippen LogP contribution in [0.25, 0.3) is 0 Å². The average Bonchev–Trinajstić information content (AvgIpc) is 2.45. The topological polar surface area (TPSA) is 53.2 Å². The lowest BCUT2D eigenvalue weighted by Gasteiger charge is -2.41. The molecule has 0 spiro atoms. The lowest BCUT2D eigenvalue weighted by atomic mass is 9.82. The van der Waals surface area contributed by atoms with Crippen molar-refractivity contribution in [3.05, 3.63) is 35.6 Å². The second kappa shape index (κ2) is 5.27. The van der Waals surface area contributed by atoms with E-state index in [9.17, 15) is 9.18 Å². The van der Waals surface area contributed by atoms with Gasteiger partial charge in [-0.25, -0.2) is 9.82 Å². The number of hydrazine groups is 1. The zero-order chi connectivity index (χ0) is 13.2. The van der Waals surface area contributed by atoms with Crippen LogP contribution in [0.2, 0.25) is 0 Å². The summed E-state index contributed by atoms with van der Waals surface area (Å²) in [5.41, 5.74) is 6.91. The molecule has 0 bridgehead atoms. The molecule has 2 aliphatic heterocycles. The van der Waals surface area contributed by atoms with Gasteiger partial charge in [0.15, 0.2) is 0 Å². The van der Waals surface area contributed by atoms with Crippen LogP contribution in [0, 0.1) is 11.7 Å². The Morgan fingerprint density at radius 3 is 2.84 bits per heavy atom. The summed E-state index contributed by atoms with van der Waals surface area (Å²) >= 11 is 0. The third-order valence-corrected chi connectivity index (χ3v) is 4.03. The maximum absolute atomic E-state index is 12.9. The molecule has 2 saturated heterocycles. The summed E-state index contributed by atoms with van der Waals surface area (Å²) in [7, 11) is 0. The van der Waals surface area contributed by atoms with E-state index in [1.807, 2.05) is 0 Å². The fraction of sp³-hybridized carbons (Fsp3) is 0.500. The lowest BCUT2D eigenvalue weighted by molar-refractivity contribution is -0.131. The molecule has 102 valence electrons. The molecule has 0 aliphatic carbocycles. The molecule has 0 aromatic heterocycles. The summed E-state index contributed by atoms with van der Waals surface area (Å²) in [5, 5.41) is 3.44. The summed E-state index contributed by atoms with van der Waals surface area (Å²) in [6.07, 6.45) is 2.75. The van der Waals surface area contributed by atoms with Gasteiger partial charge >= 0.3 is 0 Å². The zero-order valence-electron chi connectivity index (χ0n) is 10.7. The van der Waals surface area contributed by atoms with E-state index >= 15 is 0 Å². The summed E-state index contributed by atoms with van der Waals surface area (Å²) in [4.78, 5) is 11.8. The molecule has 2 fully saturated rings. The van der Waals surface area contributed by atoms with Crippen LogP contribution in [0.1, 0.15) is 18.4 Å². The maximum Gasteiger partial charge on any atom is 0.238 e. The SMILES string of the molecule is O=C1NNC(Cc2ccc(F)cc2)C2NCCCC12. The van der Waals surface area contributed by atoms with Crippen molar-refractivity contribution in [2.45, 2.75) is 31.3 Å². The van der Waals surface area contributed by atoms with Crippen molar-refractivity contribution in [2.75, 3.05) is 6.54 Å². The molecule has 0 radical (unpaired) electrons. The first-order valence-corrected chi connectivity index (χ1v) is 6.77. The lowest BCUT2D eigenvalue weighted by Crippen LogP contribution is -2.67. The summed E-state index contributed by atoms with van der Waals surface area (Å²) in [6, 6.07) is 6.85. The Morgan fingerprint density at radius 2 is 2.05 bits per heavy atom. The molecule has 3 unspecified atom stereocenters. The van der Waals surface area contributed by atoms with Crippen LogP contribution < -0.4 is 16.2 Å². The number of rotatable bonds is 2. The van der Waals surface area contributed by atoms with Crippen LogP contribution in [0.4, 0.5) is 4.39 Å². The van der Waals surface area contributed by atoms with Crippen LogP contribution in [0.3, 0.4) is 0 Å². The number of benzene rings is 1. The summed E-state index contributed by atoms with van der Waals surface area (Å²) in [5.74, 6) is -0.102. The minimum absolute atomic E-state index is 0.0421. The fourth-order valence-corrected chi connectivity index (χ4v) is 3.03. The van der Waals surface area contributed by atoms with E-state index in [-0.39, 0.29) is 29.7 Å². The number of carbonyl (C=O) groups excluding carboxylic acids is 1. The fourth-order valence-electron chi connectivity index (χ4n) is 3.03. The monoisotopic (exact) mass is 263 g/mol. The molecule has 1 aromatic rings. The zero-order valence-corrected chi connectivity index (χ0v) is 10.7. The van der Waals surface area contributed by atoms with Crippen LogP contribution in [0.15, 0.2) is 24.3 Å². The van der Waals surface area contributed by atoms with Gasteiger partial charge in [0.25, 0.3) is 0 Å². The van der Waals surface area contributed by atoms with Gasteiger partial charge in [-0.3, -0.25) is 10.2 Å². The van der Waals surface area contributed by atoms with Crippen molar-refractivity contribution in [2.24, 2.45) is 5.92 Å². The molecule has 19 heavy (non-hydrogen) atoms. The Labute approximate surface area is 111 Å². The Bertz CT molecular complexity index is 462. The van der Waals surface area contributed by atoms with Crippen molar-refractivity contribution in [1.29, 1.82) is 0 Å². The van der Waals surface area contributed by atoms with Crippen LogP contribution >= 0.6 is 0 Å². The van der Waals surface area contributed by atoms with Crippen molar-refractivity contribution in [1.82, 2.24) is 16.2 Å². The van der Waals surface area contributed by atoms with Gasteiger partial charge in [-0.15, -0.1) is 0 Å². The first-order valence-electron chi connectivity index (χ1n) is 6.77. The normalized spacial score (nSPS) is 30.6. The quantitative estimate of drug-likeness (QED) is 0.737. The van der Waals surface area contributed by atoms with Crippen LogP contribution in [0.5, 0.6) is 0 Å². The van der Waals surface area contributed by atoms with E-state index < -0.39 is 0 Å². The Morgan fingerprint density at radius 1 is 1.26 bits per heavy atom. The third kappa shape index (κ3) is 2.62. The highest BCUT2D eigenvalue weighted by molar-refractivity contribution is 5.80. The predicted molar refractivity (Wildman–Crippen MR) is 69.7 cm³/mol. The van der Waals surface area contributed by atoms with Crippen molar-refractivity contribution in [3.63, 3.8) is 0 Å². The van der Waals surface area contributed by atoms with Gasteiger partial charge in [0.05, 0.1) is 5.92 Å². The molecule has 4 nitrogen and oxygen atoms in total. The van der Waals surface area contributed by atoms with Crippen LogP contribution in [-0.4, -0.2) is 24.5 Å². The number of carbonyl (C=O) groups is 1. The van der Waals surface area contributed by atoms with Crippen LogP contribution in [-0.2, 0) is 11.2 Å². The highest BCUT2D eigenvalue weighted by Gasteiger charge is 2.39. The Balaban J connectivity index is 1.73. The molecular formula is C14H18FN3O. The minimum atomic E-state index is -0.220. The number of piperidine rings is 1. The first kappa shape index (κ1) is 12.6. The molecule has 1 aromatic carbocycles. The third-order valence-electron chi connectivity index (χ3n) is 4.03. The maximum atomic E-state index is 12.9. The largest absolute Gasteiger partial charge is 0.312 e. The minimum Gasteiger partial charge on any atom is -0.312 e. The molecule has 2 heterocycles. The van der Waals surface area contributed by atoms with E-state index in [0.717, 1.165) is 31.4 Å². The van der Waals surface area contributed by atoms with Gasteiger partial charge in [0.1, 0.15) is 5.82 Å². The molecule has 1 amide bonds. The molecule has 5 heteroatoms.